The van der Waals surface area contributed by atoms with Crippen molar-refractivity contribution >= 4 is 16.7 Å². The molecule has 5 rings (SSSR count). The first-order valence-corrected chi connectivity index (χ1v) is 11.0. The molecule has 1 amide bonds. The average Bonchev–Trinajstić information content (AvgIpc) is 3.23. The zero-order valence-corrected chi connectivity index (χ0v) is 17.9. The maximum Gasteiger partial charge on any atom is 0.254 e. The SMILES string of the molecule is O=C(c1ccccc1Cn1ccnc1)N1CCOC[C@@H](Cc2cccc3ccncc23)C1. The molecule has 0 unspecified atom stereocenters. The van der Waals surface area contributed by atoms with Crippen LogP contribution in [0, 0.1) is 5.92 Å². The molecule has 6 nitrogen and oxygen atoms in total. The fraction of sp³-hybridized carbons (Fsp3) is 0.269. The van der Waals surface area contributed by atoms with E-state index in [0.29, 0.717) is 32.8 Å². The first-order chi connectivity index (χ1) is 15.8. The lowest BCUT2D eigenvalue weighted by atomic mass is 9.95. The molecule has 1 aliphatic heterocycles. The zero-order valence-electron chi connectivity index (χ0n) is 17.9. The first kappa shape index (κ1) is 20.4. The van der Waals surface area contributed by atoms with Crippen molar-refractivity contribution in [1.82, 2.24) is 19.4 Å². The minimum absolute atomic E-state index is 0.0656. The third-order valence-electron chi connectivity index (χ3n) is 6.07. The fourth-order valence-corrected chi connectivity index (χ4v) is 4.47. The number of fused-ring (bicyclic) bond motifs is 1. The van der Waals surface area contributed by atoms with E-state index in [9.17, 15) is 4.79 Å². The molecule has 0 saturated carbocycles. The highest BCUT2D eigenvalue weighted by molar-refractivity contribution is 5.95. The zero-order chi connectivity index (χ0) is 21.8. The summed E-state index contributed by atoms with van der Waals surface area (Å²) in [6.07, 6.45) is 10.0. The van der Waals surface area contributed by atoms with E-state index in [-0.39, 0.29) is 11.8 Å². The summed E-state index contributed by atoms with van der Waals surface area (Å²) in [5, 5.41) is 2.36. The van der Waals surface area contributed by atoms with E-state index in [0.717, 1.165) is 17.5 Å². The Labute approximate surface area is 187 Å². The van der Waals surface area contributed by atoms with Crippen molar-refractivity contribution in [1.29, 1.82) is 0 Å². The minimum Gasteiger partial charge on any atom is -0.379 e. The van der Waals surface area contributed by atoms with Gasteiger partial charge in [0.15, 0.2) is 0 Å². The molecular weight excluding hydrogens is 400 g/mol. The van der Waals surface area contributed by atoms with Crippen LogP contribution in [0.2, 0.25) is 0 Å². The lowest BCUT2D eigenvalue weighted by Crippen LogP contribution is -2.37. The molecule has 2 aromatic carbocycles. The van der Waals surface area contributed by atoms with E-state index in [4.69, 9.17) is 4.74 Å². The lowest BCUT2D eigenvalue weighted by Gasteiger charge is -2.25. The molecule has 2 aromatic heterocycles. The summed E-state index contributed by atoms with van der Waals surface area (Å²) >= 11 is 0. The van der Waals surface area contributed by atoms with Crippen LogP contribution in [-0.2, 0) is 17.7 Å². The number of imidazole rings is 1. The predicted octanol–water partition coefficient (Wildman–Crippen LogP) is 3.81. The maximum absolute atomic E-state index is 13.5. The number of carbonyl (C=O) groups is 1. The number of amides is 1. The summed E-state index contributed by atoms with van der Waals surface area (Å²) in [4.78, 5) is 23.9. The van der Waals surface area contributed by atoms with Crippen LogP contribution in [0.3, 0.4) is 0 Å². The van der Waals surface area contributed by atoms with Crippen molar-refractivity contribution in [3.05, 3.63) is 96.3 Å². The Balaban J connectivity index is 1.36. The Bertz CT molecular complexity index is 1200. The third kappa shape index (κ3) is 4.41. The summed E-state index contributed by atoms with van der Waals surface area (Å²) in [7, 11) is 0. The van der Waals surface area contributed by atoms with Gasteiger partial charge in [0.25, 0.3) is 5.91 Å². The number of hydrogen-bond acceptors (Lipinski definition) is 4. The molecule has 0 bridgehead atoms. The smallest absolute Gasteiger partial charge is 0.254 e. The molecule has 1 saturated heterocycles. The van der Waals surface area contributed by atoms with Crippen LogP contribution in [0.25, 0.3) is 10.8 Å². The molecule has 32 heavy (non-hydrogen) atoms. The molecule has 162 valence electrons. The second-order valence-electron chi connectivity index (χ2n) is 8.30. The summed E-state index contributed by atoms with van der Waals surface area (Å²) in [5.41, 5.74) is 2.99. The van der Waals surface area contributed by atoms with Gasteiger partial charge in [-0.1, -0.05) is 36.4 Å². The minimum atomic E-state index is 0.0656. The van der Waals surface area contributed by atoms with E-state index in [1.807, 2.05) is 58.4 Å². The number of ether oxygens (including phenoxy) is 1. The molecule has 6 heteroatoms. The van der Waals surface area contributed by atoms with Gasteiger partial charge in [0, 0.05) is 61.3 Å². The molecule has 0 spiro atoms. The van der Waals surface area contributed by atoms with E-state index >= 15 is 0 Å². The highest BCUT2D eigenvalue weighted by Gasteiger charge is 2.25. The molecule has 1 aliphatic rings. The molecular formula is C26H26N4O2. The molecule has 4 aromatic rings. The van der Waals surface area contributed by atoms with Crippen molar-refractivity contribution in [2.75, 3.05) is 26.3 Å². The van der Waals surface area contributed by atoms with Gasteiger partial charge < -0.3 is 14.2 Å². The Morgan fingerprint density at radius 2 is 1.94 bits per heavy atom. The number of nitrogens with zero attached hydrogens (tertiary/aromatic N) is 4. The van der Waals surface area contributed by atoms with Gasteiger partial charge in [-0.2, -0.15) is 0 Å². The van der Waals surface area contributed by atoms with Crippen LogP contribution in [0.5, 0.6) is 0 Å². The number of aromatic nitrogens is 3. The number of rotatable bonds is 5. The third-order valence-corrected chi connectivity index (χ3v) is 6.07. The highest BCUT2D eigenvalue weighted by Crippen LogP contribution is 2.23. The summed E-state index contributed by atoms with van der Waals surface area (Å²) in [6.45, 7) is 3.11. The van der Waals surface area contributed by atoms with E-state index in [1.54, 1.807) is 12.5 Å². The molecule has 3 heterocycles. The van der Waals surface area contributed by atoms with Gasteiger partial charge in [0.1, 0.15) is 0 Å². The predicted molar refractivity (Wildman–Crippen MR) is 123 cm³/mol. The first-order valence-electron chi connectivity index (χ1n) is 11.0. The maximum atomic E-state index is 13.5. The van der Waals surface area contributed by atoms with Gasteiger partial charge in [0.2, 0.25) is 0 Å². The van der Waals surface area contributed by atoms with Crippen LogP contribution in [-0.4, -0.2) is 51.6 Å². The van der Waals surface area contributed by atoms with E-state index < -0.39 is 0 Å². The van der Waals surface area contributed by atoms with Crippen molar-refractivity contribution in [2.24, 2.45) is 5.92 Å². The molecule has 0 N–H and O–H groups in total. The summed E-state index contributed by atoms with van der Waals surface area (Å²) < 4.78 is 7.88. The van der Waals surface area contributed by atoms with Crippen molar-refractivity contribution in [3.63, 3.8) is 0 Å². The van der Waals surface area contributed by atoms with Crippen LogP contribution < -0.4 is 0 Å². The number of benzene rings is 2. The quantitative estimate of drug-likeness (QED) is 0.487. The Morgan fingerprint density at radius 3 is 2.84 bits per heavy atom. The van der Waals surface area contributed by atoms with Crippen LogP contribution in [0.1, 0.15) is 21.5 Å². The van der Waals surface area contributed by atoms with Gasteiger partial charge >= 0.3 is 0 Å². The van der Waals surface area contributed by atoms with Gasteiger partial charge in [0.05, 0.1) is 19.5 Å². The Kier molecular flexibility index (Phi) is 5.94. The Hall–Kier alpha value is -3.51. The van der Waals surface area contributed by atoms with Gasteiger partial charge in [-0.05, 0) is 35.1 Å². The van der Waals surface area contributed by atoms with Crippen molar-refractivity contribution in [2.45, 2.75) is 13.0 Å². The van der Waals surface area contributed by atoms with Crippen LogP contribution in [0.15, 0.2) is 79.6 Å². The number of hydrogen-bond donors (Lipinski definition) is 0. The van der Waals surface area contributed by atoms with Gasteiger partial charge in [-0.3, -0.25) is 9.78 Å². The van der Waals surface area contributed by atoms with Crippen molar-refractivity contribution < 1.29 is 9.53 Å². The largest absolute Gasteiger partial charge is 0.379 e. The summed E-state index contributed by atoms with van der Waals surface area (Å²) in [5.74, 6) is 0.295. The number of carbonyl (C=O) groups excluding carboxylic acids is 1. The molecule has 0 aliphatic carbocycles. The standard InChI is InChI=1S/C26H26N4O2/c31-26(24-7-2-1-4-23(24)17-29-11-10-28-19-29)30-12-13-32-18-20(16-30)14-22-6-3-5-21-8-9-27-15-25(21)22/h1-11,15,19-20H,12-14,16-18H2/t20-/m0/s1. The Morgan fingerprint density at radius 1 is 1.03 bits per heavy atom. The normalized spacial score (nSPS) is 16.8. The monoisotopic (exact) mass is 426 g/mol. The van der Waals surface area contributed by atoms with Crippen molar-refractivity contribution in [3.8, 4) is 0 Å². The van der Waals surface area contributed by atoms with E-state index in [1.165, 1.54) is 16.3 Å². The van der Waals surface area contributed by atoms with E-state index in [2.05, 4.69) is 28.2 Å². The number of pyridine rings is 1. The second-order valence-corrected chi connectivity index (χ2v) is 8.30. The second kappa shape index (κ2) is 9.32. The van der Waals surface area contributed by atoms with Gasteiger partial charge in [-0.25, -0.2) is 4.98 Å². The lowest BCUT2D eigenvalue weighted by molar-refractivity contribution is 0.0736. The molecule has 1 atom stereocenters. The fourth-order valence-electron chi connectivity index (χ4n) is 4.47. The summed E-state index contributed by atoms with van der Waals surface area (Å²) in [6, 6.07) is 16.2. The molecule has 1 fully saturated rings. The molecule has 0 radical (unpaired) electrons. The van der Waals surface area contributed by atoms with Crippen LogP contribution >= 0.6 is 0 Å². The topological polar surface area (TPSA) is 60.2 Å². The average molecular weight is 427 g/mol. The van der Waals surface area contributed by atoms with Crippen LogP contribution in [0.4, 0.5) is 0 Å². The highest BCUT2D eigenvalue weighted by atomic mass is 16.5. The van der Waals surface area contributed by atoms with Gasteiger partial charge in [-0.15, -0.1) is 0 Å².